The van der Waals surface area contributed by atoms with Gasteiger partial charge in [0.25, 0.3) is 5.56 Å². The summed E-state index contributed by atoms with van der Waals surface area (Å²) >= 11 is 4.44. The van der Waals surface area contributed by atoms with Crippen LogP contribution in [0.25, 0.3) is 33.5 Å². The van der Waals surface area contributed by atoms with Crippen molar-refractivity contribution in [3.05, 3.63) is 96.4 Å². The molecule has 7 nitrogen and oxygen atoms in total. The Balaban J connectivity index is 1.66. The summed E-state index contributed by atoms with van der Waals surface area (Å²) < 4.78 is 20.4. The van der Waals surface area contributed by atoms with Crippen LogP contribution in [0.1, 0.15) is 5.56 Å². The second-order valence-electron chi connectivity index (χ2n) is 7.71. The minimum atomic E-state index is -0.297. The summed E-state index contributed by atoms with van der Waals surface area (Å²) in [7, 11) is 1.60. The maximum atomic E-state index is 13.5. The molecule has 180 valence electrons. The number of fused-ring (bicyclic) bond motifs is 2. The molecular formula is C27H19I2N3O4. The van der Waals surface area contributed by atoms with Gasteiger partial charge < -0.3 is 13.9 Å². The van der Waals surface area contributed by atoms with Crippen LogP contribution in [-0.2, 0) is 0 Å². The lowest BCUT2D eigenvalue weighted by molar-refractivity contribution is 0.358. The molecule has 0 bridgehead atoms. The lowest BCUT2D eigenvalue weighted by Gasteiger charge is -2.10. The molecule has 2 aromatic heterocycles. The third kappa shape index (κ3) is 4.64. The fourth-order valence-corrected chi connectivity index (χ4v) is 5.90. The van der Waals surface area contributed by atoms with Crippen molar-refractivity contribution in [3.63, 3.8) is 0 Å². The summed E-state index contributed by atoms with van der Waals surface area (Å²) in [5.74, 6) is 2.16. The van der Waals surface area contributed by atoms with Crippen LogP contribution >= 0.6 is 45.2 Å². The van der Waals surface area contributed by atoms with Crippen molar-refractivity contribution in [2.75, 3.05) is 13.7 Å². The zero-order chi connectivity index (χ0) is 25.2. The first-order valence-electron chi connectivity index (χ1n) is 10.9. The molecule has 0 N–H and O–H groups in total. The zero-order valence-corrected chi connectivity index (χ0v) is 23.4. The van der Waals surface area contributed by atoms with Gasteiger partial charge in [-0.3, -0.25) is 4.79 Å². The summed E-state index contributed by atoms with van der Waals surface area (Å²) in [4.78, 5) is 18.2. The molecule has 0 aliphatic rings. The number of benzene rings is 3. The molecular weight excluding hydrogens is 684 g/mol. The average Bonchev–Trinajstić information content (AvgIpc) is 3.32. The molecule has 9 heteroatoms. The normalized spacial score (nSPS) is 11.4. The van der Waals surface area contributed by atoms with Gasteiger partial charge in [-0.1, -0.05) is 30.9 Å². The maximum Gasteiger partial charge on any atom is 0.282 e. The lowest BCUT2D eigenvalue weighted by Crippen LogP contribution is -2.20. The van der Waals surface area contributed by atoms with Gasteiger partial charge in [-0.15, -0.1) is 0 Å². The number of furan rings is 1. The molecule has 0 fully saturated rings. The number of para-hydroxylation sites is 1. The number of halogens is 2. The van der Waals surface area contributed by atoms with E-state index < -0.39 is 0 Å². The van der Waals surface area contributed by atoms with E-state index >= 15 is 0 Å². The van der Waals surface area contributed by atoms with Crippen molar-refractivity contribution in [2.45, 2.75) is 0 Å². The summed E-state index contributed by atoms with van der Waals surface area (Å²) in [6.45, 7) is 4.12. The van der Waals surface area contributed by atoms with E-state index in [1.54, 1.807) is 37.6 Å². The quantitative estimate of drug-likeness (QED) is 0.110. The maximum absolute atomic E-state index is 13.5. The topological polar surface area (TPSA) is 78.8 Å². The Morgan fingerprint density at radius 1 is 1.08 bits per heavy atom. The monoisotopic (exact) mass is 703 g/mol. The number of hydrogen-bond donors (Lipinski definition) is 0. The van der Waals surface area contributed by atoms with Gasteiger partial charge in [0.05, 0.1) is 36.8 Å². The Morgan fingerprint density at radius 3 is 2.61 bits per heavy atom. The molecule has 0 amide bonds. The Morgan fingerprint density at radius 2 is 1.86 bits per heavy atom. The van der Waals surface area contributed by atoms with Gasteiger partial charge in [0.15, 0.2) is 5.76 Å². The minimum Gasteiger partial charge on any atom is -0.496 e. The summed E-state index contributed by atoms with van der Waals surface area (Å²) in [5.41, 5.74) is 1.70. The van der Waals surface area contributed by atoms with E-state index in [2.05, 4.69) is 56.9 Å². The molecule has 0 saturated carbocycles. The first-order valence-corrected chi connectivity index (χ1v) is 13.0. The smallest absolute Gasteiger partial charge is 0.282 e. The number of ether oxygens (including phenoxy) is 2. The van der Waals surface area contributed by atoms with Crippen molar-refractivity contribution < 1.29 is 13.9 Å². The predicted octanol–water partition coefficient (Wildman–Crippen LogP) is 6.47. The summed E-state index contributed by atoms with van der Waals surface area (Å²) in [6, 6.07) is 18.4. The van der Waals surface area contributed by atoms with Crippen LogP contribution in [-0.4, -0.2) is 29.6 Å². The molecule has 0 aliphatic heterocycles. The van der Waals surface area contributed by atoms with Crippen molar-refractivity contribution in [1.29, 1.82) is 0 Å². The Hall–Kier alpha value is -3.19. The molecule has 0 atom stereocenters. The van der Waals surface area contributed by atoms with E-state index in [0.29, 0.717) is 40.4 Å². The van der Waals surface area contributed by atoms with E-state index in [1.807, 2.05) is 42.5 Å². The molecule has 0 spiro atoms. The predicted molar refractivity (Wildman–Crippen MR) is 158 cm³/mol. The fraction of sp³-hybridized carbons (Fsp3) is 0.0741. The van der Waals surface area contributed by atoms with E-state index in [9.17, 15) is 4.79 Å². The van der Waals surface area contributed by atoms with Gasteiger partial charge in [-0.2, -0.15) is 9.78 Å². The molecule has 3 aromatic carbocycles. The lowest BCUT2D eigenvalue weighted by atomic mass is 10.2. The van der Waals surface area contributed by atoms with Crippen molar-refractivity contribution in [1.82, 2.24) is 9.66 Å². The van der Waals surface area contributed by atoms with Gasteiger partial charge in [-0.05, 0) is 93.2 Å². The molecule has 36 heavy (non-hydrogen) atoms. The number of methoxy groups -OCH3 is 1. The fourth-order valence-electron chi connectivity index (χ4n) is 3.77. The average molecular weight is 703 g/mol. The summed E-state index contributed by atoms with van der Waals surface area (Å²) in [5, 5.41) is 5.80. The molecule has 2 heterocycles. The second-order valence-corrected chi connectivity index (χ2v) is 10.0. The van der Waals surface area contributed by atoms with E-state index in [-0.39, 0.29) is 5.56 Å². The SMILES string of the molecule is C=CCOc1c(I)cc(C=Nn2c(-c3cc4c(OC)cccc4o3)nc3ccccc3c2=O)cc1I. The highest BCUT2D eigenvalue weighted by atomic mass is 127. The van der Waals surface area contributed by atoms with Crippen LogP contribution in [0, 0.1) is 7.14 Å². The largest absolute Gasteiger partial charge is 0.496 e. The summed E-state index contributed by atoms with van der Waals surface area (Å²) in [6.07, 6.45) is 3.34. The second kappa shape index (κ2) is 10.4. The molecule has 0 unspecified atom stereocenters. The highest BCUT2D eigenvalue weighted by molar-refractivity contribution is 14.1. The standard InChI is InChI=1S/C27H19I2N3O4/c1-3-11-35-25-19(28)12-16(13-20(25)29)15-30-32-26(31-21-8-5-4-7-17(21)27(32)33)24-14-18-22(34-2)9-6-10-23(18)36-24/h3-10,12-15H,1,11H2,2H3. The molecule has 0 saturated heterocycles. The first kappa shape index (κ1) is 24.5. The van der Waals surface area contributed by atoms with Crippen LogP contribution < -0.4 is 15.0 Å². The third-order valence-electron chi connectivity index (χ3n) is 5.40. The third-order valence-corrected chi connectivity index (χ3v) is 7.01. The highest BCUT2D eigenvalue weighted by Gasteiger charge is 2.18. The van der Waals surface area contributed by atoms with Crippen LogP contribution in [0.15, 0.2) is 87.6 Å². The number of rotatable bonds is 7. The van der Waals surface area contributed by atoms with E-state index in [1.165, 1.54) is 4.68 Å². The number of hydrogen-bond acceptors (Lipinski definition) is 6. The molecule has 0 radical (unpaired) electrons. The van der Waals surface area contributed by atoms with Crippen molar-refractivity contribution in [3.8, 4) is 23.1 Å². The van der Waals surface area contributed by atoms with Crippen molar-refractivity contribution in [2.24, 2.45) is 5.10 Å². The molecule has 5 rings (SSSR count). The minimum absolute atomic E-state index is 0.295. The van der Waals surface area contributed by atoms with Crippen LogP contribution in [0.3, 0.4) is 0 Å². The Labute approximate surface area is 233 Å². The van der Waals surface area contributed by atoms with Gasteiger partial charge in [0.1, 0.15) is 23.7 Å². The van der Waals surface area contributed by atoms with Gasteiger partial charge >= 0.3 is 0 Å². The number of aromatic nitrogens is 2. The van der Waals surface area contributed by atoms with Crippen LogP contribution in [0.5, 0.6) is 11.5 Å². The zero-order valence-electron chi connectivity index (χ0n) is 19.1. The Kier molecular flexibility index (Phi) is 7.10. The highest BCUT2D eigenvalue weighted by Crippen LogP contribution is 2.33. The van der Waals surface area contributed by atoms with Crippen LogP contribution in [0.2, 0.25) is 0 Å². The van der Waals surface area contributed by atoms with E-state index in [0.717, 1.165) is 23.8 Å². The van der Waals surface area contributed by atoms with Gasteiger partial charge in [-0.25, -0.2) is 4.98 Å². The number of nitrogens with zero attached hydrogens (tertiary/aromatic N) is 3. The van der Waals surface area contributed by atoms with Crippen molar-refractivity contribution >= 4 is 73.3 Å². The Bertz CT molecular complexity index is 1680. The van der Waals surface area contributed by atoms with Gasteiger partial charge in [0, 0.05) is 0 Å². The van der Waals surface area contributed by atoms with Gasteiger partial charge in [0.2, 0.25) is 5.82 Å². The van der Waals surface area contributed by atoms with Crippen LogP contribution in [0.4, 0.5) is 0 Å². The molecule has 0 aliphatic carbocycles. The van der Waals surface area contributed by atoms with E-state index in [4.69, 9.17) is 18.9 Å². The molecule has 5 aromatic rings. The first-order chi connectivity index (χ1) is 17.5.